The van der Waals surface area contributed by atoms with Crippen LogP contribution in [-0.2, 0) is 14.3 Å². The van der Waals surface area contributed by atoms with Gasteiger partial charge in [0.2, 0.25) is 5.91 Å². The molecular weight excluding hydrogens is 827 g/mol. The number of hydrogen-bond donors (Lipinski definition) is 3. The van der Waals surface area contributed by atoms with Crippen LogP contribution in [0.3, 0.4) is 0 Å². The maximum atomic E-state index is 13.2. The van der Waals surface area contributed by atoms with Crippen LogP contribution in [0.25, 0.3) is 0 Å². The van der Waals surface area contributed by atoms with Crippen LogP contribution in [0.1, 0.15) is 226 Å². The van der Waals surface area contributed by atoms with Crippen LogP contribution < -0.4 is 5.32 Å². The maximum absolute atomic E-state index is 13.2. The molecule has 380 valence electrons. The molecule has 0 aromatic carbocycles. The van der Waals surface area contributed by atoms with E-state index in [2.05, 4.69) is 92.9 Å². The molecule has 0 aliphatic rings. The summed E-state index contributed by atoms with van der Waals surface area (Å²) in [5.41, 5.74) is 0. The fourth-order valence-electron chi connectivity index (χ4n) is 7.63. The van der Waals surface area contributed by atoms with Gasteiger partial charge in [0.25, 0.3) is 0 Å². The van der Waals surface area contributed by atoms with Gasteiger partial charge >= 0.3 is 5.97 Å². The third-order valence-corrected chi connectivity index (χ3v) is 11.7. The zero-order valence-electron chi connectivity index (χ0n) is 43.2. The SMILES string of the molecule is CC\C=C/C=C/C=C/C=C\C=C\C=C\CCCCCC(=O)OC(CCC/C=C/C/C=C/C/C=C/C/C=C/CC)CC(=O)NC(CO)C(O)CCCCCCCCCCCCCCCCCCC. The fourth-order valence-corrected chi connectivity index (χ4v) is 7.63. The molecule has 3 N–H and O–H groups in total. The Hall–Kier alpha value is -3.74. The molecule has 0 radical (unpaired) electrons. The van der Waals surface area contributed by atoms with Crippen LogP contribution in [0.15, 0.2) is 122 Å². The first-order chi connectivity index (χ1) is 33.0. The van der Waals surface area contributed by atoms with Crippen LogP contribution in [0.5, 0.6) is 0 Å². The van der Waals surface area contributed by atoms with Gasteiger partial charge in [-0.2, -0.15) is 0 Å². The summed E-state index contributed by atoms with van der Waals surface area (Å²) in [5, 5.41) is 23.8. The number of aliphatic hydroxyl groups excluding tert-OH is 2. The second kappa shape index (κ2) is 53.2. The number of esters is 1. The second-order valence-corrected chi connectivity index (χ2v) is 18.0. The lowest BCUT2D eigenvalue weighted by Crippen LogP contribution is -2.46. The smallest absolute Gasteiger partial charge is 0.306 e. The van der Waals surface area contributed by atoms with Crippen LogP contribution in [0, 0.1) is 0 Å². The van der Waals surface area contributed by atoms with Crippen LogP contribution in [-0.4, -0.2) is 46.9 Å². The Morgan fingerprint density at radius 2 is 0.896 bits per heavy atom. The average Bonchev–Trinajstić information content (AvgIpc) is 3.32. The summed E-state index contributed by atoms with van der Waals surface area (Å²) in [6, 6.07) is -0.738. The number of amides is 1. The lowest BCUT2D eigenvalue weighted by Gasteiger charge is -2.24. The molecular formula is C61H101NO5. The Kier molecular flexibility index (Phi) is 50.2. The highest BCUT2D eigenvalue weighted by molar-refractivity contribution is 5.77. The van der Waals surface area contributed by atoms with E-state index in [0.717, 1.165) is 89.9 Å². The van der Waals surface area contributed by atoms with Gasteiger partial charge in [-0.3, -0.25) is 9.59 Å². The molecule has 0 aliphatic heterocycles. The van der Waals surface area contributed by atoms with Gasteiger partial charge in [-0.25, -0.2) is 0 Å². The highest BCUT2D eigenvalue weighted by atomic mass is 16.5. The number of unbranched alkanes of at least 4 members (excludes halogenated alkanes) is 20. The number of rotatable bonds is 47. The van der Waals surface area contributed by atoms with Gasteiger partial charge in [0.1, 0.15) is 6.10 Å². The minimum absolute atomic E-state index is 0.0137. The van der Waals surface area contributed by atoms with Crippen molar-refractivity contribution in [2.24, 2.45) is 0 Å². The lowest BCUT2D eigenvalue weighted by molar-refractivity contribution is -0.151. The van der Waals surface area contributed by atoms with E-state index in [9.17, 15) is 19.8 Å². The van der Waals surface area contributed by atoms with Gasteiger partial charge in [-0.1, -0.05) is 258 Å². The first-order valence-electron chi connectivity index (χ1n) is 27.3. The quantitative estimate of drug-likeness (QED) is 0.0245. The third kappa shape index (κ3) is 48.5. The highest BCUT2D eigenvalue weighted by Crippen LogP contribution is 2.17. The number of nitrogens with one attached hydrogen (secondary N) is 1. The minimum atomic E-state index is -0.819. The van der Waals surface area contributed by atoms with Crippen molar-refractivity contribution in [3.63, 3.8) is 0 Å². The van der Waals surface area contributed by atoms with Crippen LogP contribution >= 0.6 is 0 Å². The van der Waals surface area contributed by atoms with E-state index in [1.54, 1.807) is 0 Å². The van der Waals surface area contributed by atoms with Crippen molar-refractivity contribution in [2.75, 3.05) is 6.61 Å². The monoisotopic (exact) mass is 928 g/mol. The Bertz CT molecular complexity index is 1410. The highest BCUT2D eigenvalue weighted by Gasteiger charge is 2.24. The molecule has 0 heterocycles. The Morgan fingerprint density at radius 1 is 0.463 bits per heavy atom. The van der Waals surface area contributed by atoms with Crippen molar-refractivity contribution in [3.8, 4) is 0 Å². The molecule has 0 spiro atoms. The molecule has 0 saturated heterocycles. The van der Waals surface area contributed by atoms with E-state index >= 15 is 0 Å². The first-order valence-corrected chi connectivity index (χ1v) is 27.3. The summed E-state index contributed by atoms with van der Waals surface area (Å²) >= 11 is 0. The molecule has 0 aromatic heterocycles. The number of carbonyl (C=O) groups is 2. The second-order valence-electron chi connectivity index (χ2n) is 18.0. The van der Waals surface area contributed by atoms with E-state index in [4.69, 9.17) is 4.74 Å². The van der Waals surface area contributed by atoms with E-state index in [-0.39, 0.29) is 24.9 Å². The summed E-state index contributed by atoms with van der Waals surface area (Å²) in [7, 11) is 0. The van der Waals surface area contributed by atoms with Crippen molar-refractivity contribution in [2.45, 2.75) is 244 Å². The third-order valence-electron chi connectivity index (χ3n) is 11.7. The van der Waals surface area contributed by atoms with Gasteiger partial charge < -0.3 is 20.3 Å². The summed E-state index contributed by atoms with van der Waals surface area (Å²) in [6.45, 7) is 6.20. The van der Waals surface area contributed by atoms with E-state index in [0.29, 0.717) is 19.3 Å². The van der Waals surface area contributed by atoms with Crippen molar-refractivity contribution < 1.29 is 24.5 Å². The lowest BCUT2D eigenvalue weighted by atomic mass is 10.0. The van der Waals surface area contributed by atoms with Crippen molar-refractivity contribution >= 4 is 11.9 Å². The van der Waals surface area contributed by atoms with Gasteiger partial charge in [-0.15, -0.1) is 0 Å². The van der Waals surface area contributed by atoms with E-state index in [1.807, 2.05) is 54.7 Å². The number of ether oxygens (including phenoxy) is 1. The Morgan fingerprint density at radius 3 is 1.40 bits per heavy atom. The molecule has 0 saturated carbocycles. The molecule has 6 nitrogen and oxygen atoms in total. The topological polar surface area (TPSA) is 95.9 Å². The predicted molar refractivity (Wildman–Crippen MR) is 291 cm³/mol. The summed E-state index contributed by atoms with van der Waals surface area (Å²) in [6.07, 6.45) is 74.0. The normalized spacial score (nSPS) is 14.2. The van der Waals surface area contributed by atoms with Gasteiger partial charge in [0, 0.05) is 6.42 Å². The molecule has 0 fully saturated rings. The van der Waals surface area contributed by atoms with Gasteiger partial charge in [0.15, 0.2) is 0 Å². The van der Waals surface area contributed by atoms with Crippen molar-refractivity contribution in [1.29, 1.82) is 0 Å². The van der Waals surface area contributed by atoms with Crippen molar-refractivity contribution in [1.82, 2.24) is 5.32 Å². The predicted octanol–water partition coefficient (Wildman–Crippen LogP) is 16.8. The van der Waals surface area contributed by atoms with Crippen LogP contribution in [0.4, 0.5) is 0 Å². The molecule has 0 bridgehead atoms. The van der Waals surface area contributed by atoms with E-state index in [1.165, 1.54) is 89.9 Å². The molecule has 0 rings (SSSR count). The zero-order valence-corrected chi connectivity index (χ0v) is 43.2. The van der Waals surface area contributed by atoms with Crippen LogP contribution in [0.2, 0.25) is 0 Å². The molecule has 3 unspecified atom stereocenters. The molecule has 0 aromatic rings. The Balaban J connectivity index is 4.71. The summed E-state index contributed by atoms with van der Waals surface area (Å²) in [5.74, 6) is -0.589. The number of hydrogen-bond acceptors (Lipinski definition) is 5. The molecule has 6 heteroatoms. The molecule has 3 atom stereocenters. The van der Waals surface area contributed by atoms with Crippen molar-refractivity contribution in [3.05, 3.63) is 122 Å². The van der Waals surface area contributed by atoms with Gasteiger partial charge in [-0.05, 0) is 77.0 Å². The largest absolute Gasteiger partial charge is 0.462 e. The molecule has 1 amide bonds. The maximum Gasteiger partial charge on any atom is 0.306 e. The van der Waals surface area contributed by atoms with E-state index < -0.39 is 18.2 Å². The summed E-state index contributed by atoms with van der Waals surface area (Å²) < 4.78 is 5.89. The minimum Gasteiger partial charge on any atom is -0.462 e. The number of carbonyl (C=O) groups excluding carboxylic acids is 2. The zero-order chi connectivity index (χ0) is 48.8. The average molecular weight is 928 g/mol. The first kappa shape index (κ1) is 63.3. The molecule has 0 aliphatic carbocycles. The Labute approximate surface area is 412 Å². The summed E-state index contributed by atoms with van der Waals surface area (Å²) in [4.78, 5) is 26.2. The fraction of sp³-hybridized carbons (Fsp3) is 0.639. The standard InChI is InChI=1S/C61H101NO5/c1-4-7-10-13-16-19-22-25-28-30-32-35-38-41-44-47-50-53-59(64)58(56-63)62-60(65)55-57(52-49-46-43-40-37-34-27-24-21-18-15-12-9-6-3)67-61(66)54-51-48-45-42-39-36-33-31-29-26-23-20-17-14-11-8-5-2/h8-9,11-12,14,17-18,20-21,23,26-27,29,31,33-34,36,39-40,43,57-59,63-64H,4-7,10,13,15-16,19,22,24-25,28,30,32,35,37-38,41-42,44-56H2,1-3H3,(H,62,65)/b11-8-,12-9+,17-14+,21-18+,23-20+,29-26-,33-31+,34-27+,39-36+,43-40+. The molecule has 67 heavy (non-hydrogen) atoms. The van der Waals surface area contributed by atoms with Gasteiger partial charge in [0.05, 0.1) is 25.2 Å². The number of aliphatic hydroxyl groups is 2. The number of allylic oxidation sites excluding steroid dienone is 20.